The van der Waals surface area contributed by atoms with Crippen molar-refractivity contribution < 1.29 is 12.8 Å². The molecule has 2 aliphatic rings. The molecule has 2 atom stereocenters. The van der Waals surface area contributed by atoms with Gasteiger partial charge in [-0.05, 0) is 36.5 Å². The molecule has 0 aliphatic carbocycles. The van der Waals surface area contributed by atoms with Crippen molar-refractivity contribution in [1.82, 2.24) is 13.9 Å². The molecule has 2 fully saturated rings. The van der Waals surface area contributed by atoms with Crippen LogP contribution in [-0.4, -0.2) is 49.8 Å². The lowest BCUT2D eigenvalue weighted by Gasteiger charge is -2.40. The fourth-order valence-electron chi connectivity index (χ4n) is 3.46. The minimum atomic E-state index is -3.52. The summed E-state index contributed by atoms with van der Waals surface area (Å²) >= 11 is 0. The fourth-order valence-corrected chi connectivity index (χ4v) is 5.40. The zero-order valence-electron chi connectivity index (χ0n) is 13.4. The molecule has 3 rings (SSSR count). The van der Waals surface area contributed by atoms with E-state index in [9.17, 15) is 12.8 Å². The van der Waals surface area contributed by atoms with Crippen molar-refractivity contribution in [2.45, 2.75) is 25.8 Å². The Morgan fingerprint density at radius 1 is 1.30 bits per heavy atom. The summed E-state index contributed by atoms with van der Waals surface area (Å²) in [5, 5.41) is 3.22. The summed E-state index contributed by atoms with van der Waals surface area (Å²) in [6, 6.07) is 5.88. The first-order valence-corrected chi connectivity index (χ1v) is 9.61. The number of rotatable bonds is 3. The summed E-state index contributed by atoms with van der Waals surface area (Å²) in [4.78, 5) is 0. The Bertz CT molecular complexity index is 652. The smallest absolute Gasteiger partial charge is 0.282 e. The third-order valence-corrected chi connectivity index (χ3v) is 6.68. The molecule has 0 spiro atoms. The third kappa shape index (κ3) is 3.57. The molecule has 5 nitrogen and oxygen atoms in total. The number of nitrogens with one attached hydrogen (secondary N) is 1. The lowest BCUT2D eigenvalue weighted by Crippen LogP contribution is -2.54. The molecular formula is C16H24FN3O2S. The molecule has 7 heteroatoms. The maximum Gasteiger partial charge on any atom is 0.282 e. The number of piperazine rings is 1. The number of hydrogen-bond donors (Lipinski definition) is 1. The van der Waals surface area contributed by atoms with Gasteiger partial charge in [0, 0.05) is 32.7 Å². The second kappa shape index (κ2) is 6.84. The molecule has 0 bridgehead atoms. The van der Waals surface area contributed by atoms with Crippen molar-refractivity contribution in [2.75, 3.05) is 32.7 Å². The summed E-state index contributed by atoms with van der Waals surface area (Å²) in [5.74, 6) is 0.0473. The van der Waals surface area contributed by atoms with E-state index in [0.29, 0.717) is 44.2 Å². The van der Waals surface area contributed by atoms with Crippen molar-refractivity contribution in [3.63, 3.8) is 0 Å². The van der Waals surface area contributed by atoms with Crippen LogP contribution in [0, 0.1) is 11.7 Å². The SMILES string of the molecule is CC1CCCN(S(=O)(=O)N2CCNCC2c2cccc(F)c2)C1. The Morgan fingerprint density at radius 3 is 2.87 bits per heavy atom. The minimum absolute atomic E-state index is 0.336. The summed E-state index contributed by atoms with van der Waals surface area (Å²) in [5.41, 5.74) is 0.700. The maximum absolute atomic E-state index is 13.6. The summed E-state index contributed by atoms with van der Waals surface area (Å²) in [6.07, 6.45) is 1.97. The van der Waals surface area contributed by atoms with E-state index in [4.69, 9.17) is 0 Å². The first kappa shape index (κ1) is 16.8. The van der Waals surface area contributed by atoms with Crippen molar-refractivity contribution in [2.24, 2.45) is 5.92 Å². The van der Waals surface area contributed by atoms with E-state index in [1.165, 1.54) is 16.4 Å². The predicted molar refractivity (Wildman–Crippen MR) is 87.6 cm³/mol. The Hall–Kier alpha value is -1.02. The van der Waals surface area contributed by atoms with Crippen molar-refractivity contribution in [1.29, 1.82) is 0 Å². The van der Waals surface area contributed by atoms with Crippen LogP contribution in [0.5, 0.6) is 0 Å². The summed E-state index contributed by atoms with van der Waals surface area (Å²) in [6.45, 7) is 4.77. The molecular weight excluding hydrogens is 317 g/mol. The molecule has 2 aliphatic heterocycles. The molecule has 0 radical (unpaired) electrons. The van der Waals surface area contributed by atoms with E-state index in [-0.39, 0.29) is 11.9 Å². The van der Waals surface area contributed by atoms with Gasteiger partial charge in [0.1, 0.15) is 5.82 Å². The Balaban J connectivity index is 1.88. The standard InChI is InChI=1S/C16H24FN3O2S/c1-13-4-3-8-19(12-13)23(21,22)20-9-7-18-11-16(20)14-5-2-6-15(17)10-14/h2,5-6,10,13,16,18H,3-4,7-9,11-12H2,1H3. The topological polar surface area (TPSA) is 52.7 Å². The van der Waals surface area contributed by atoms with Crippen LogP contribution in [0.25, 0.3) is 0 Å². The van der Waals surface area contributed by atoms with Gasteiger partial charge in [-0.2, -0.15) is 17.0 Å². The maximum atomic E-state index is 13.6. The number of hydrogen-bond acceptors (Lipinski definition) is 3. The zero-order chi connectivity index (χ0) is 16.4. The third-order valence-electron chi connectivity index (χ3n) is 4.67. The Kier molecular flexibility index (Phi) is 5.01. The van der Waals surface area contributed by atoms with Gasteiger partial charge in [-0.1, -0.05) is 19.1 Å². The van der Waals surface area contributed by atoms with Crippen LogP contribution in [0.15, 0.2) is 24.3 Å². The van der Waals surface area contributed by atoms with Crippen LogP contribution in [0.2, 0.25) is 0 Å². The predicted octanol–water partition coefficient (Wildman–Crippen LogP) is 1.75. The second-order valence-corrected chi connectivity index (χ2v) is 8.38. The van der Waals surface area contributed by atoms with Gasteiger partial charge in [0.05, 0.1) is 6.04 Å². The van der Waals surface area contributed by atoms with Gasteiger partial charge in [-0.25, -0.2) is 4.39 Å². The molecule has 1 N–H and O–H groups in total. The Morgan fingerprint density at radius 2 is 2.13 bits per heavy atom. The first-order chi connectivity index (χ1) is 11.0. The quantitative estimate of drug-likeness (QED) is 0.911. The van der Waals surface area contributed by atoms with Crippen LogP contribution in [0.1, 0.15) is 31.4 Å². The number of benzene rings is 1. The van der Waals surface area contributed by atoms with E-state index < -0.39 is 10.2 Å². The van der Waals surface area contributed by atoms with Crippen LogP contribution < -0.4 is 5.32 Å². The lowest BCUT2D eigenvalue weighted by atomic mass is 10.0. The van der Waals surface area contributed by atoms with Gasteiger partial charge in [-0.15, -0.1) is 0 Å². The average molecular weight is 341 g/mol. The van der Waals surface area contributed by atoms with Gasteiger partial charge >= 0.3 is 0 Å². The lowest BCUT2D eigenvalue weighted by molar-refractivity contribution is 0.219. The molecule has 1 aromatic carbocycles. The molecule has 1 aromatic rings. The highest BCUT2D eigenvalue weighted by Crippen LogP contribution is 2.29. The second-order valence-electron chi connectivity index (χ2n) is 6.50. The van der Waals surface area contributed by atoms with Crippen LogP contribution in [0.3, 0.4) is 0 Å². The van der Waals surface area contributed by atoms with Crippen molar-refractivity contribution >= 4 is 10.2 Å². The highest BCUT2D eigenvalue weighted by Gasteiger charge is 2.38. The van der Waals surface area contributed by atoms with Gasteiger partial charge < -0.3 is 5.32 Å². The highest BCUT2D eigenvalue weighted by molar-refractivity contribution is 7.86. The van der Waals surface area contributed by atoms with E-state index in [1.54, 1.807) is 16.4 Å². The van der Waals surface area contributed by atoms with E-state index >= 15 is 0 Å². The molecule has 0 amide bonds. The van der Waals surface area contributed by atoms with Crippen LogP contribution >= 0.6 is 0 Å². The van der Waals surface area contributed by atoms with Crippen molar-refractivity contribution in [3.8, 4) is 0 Å². The fraction of sp³-hybridized carbons (Fsp3) is 0.625. The number of piperidine rings is 1. The van der Waals surface area contributed by atoms with Gasteiger partial charge in [0.2, 0.25) is 0 Å². The van der Waals surface area contributed by atoms with Gasteiger partial charge in [-0.3, -0.25) is 0 Å². The molecule has 2 saturated heterocycles. The summed E-state index contributed by atoms with van der Waals surface area (Å²) < 4.78 is 42.9. The normalized spacial score (nSPS) is 27.9. The van der Waals surface area contributed by atoms with E-state index in [0.717, 1.165) is 12.8 Å². The largest absolute Gasteiger partial charge is 0.313 e. The van der Waals surface area contributed by atoms with E-state index in [1.807, 2.05) is 0 Å². The van der Waals surface area contributed by atoms with Crippen LogP contribution in [-0.2, 0) is 10.2 Å². The molecule has 2 heterocycles. The number of nitrogens with zero attached hydrogens (tertiary/aromatic N) is 2. The molecule has 2 unspecified atom stereocenters. The van der Waals surface area contributed by atoms with Gasteiger partial charge in [0.15, 0.2) is 0 Å². The van der Waals surface area contributed by atoms with E-state index in [2.05, 4.69) is 12.2 Å². The first-order valence-electron chi connectivity index (χ1n) is 8.21. The number of halogens is 1. The van der Waals surface area contributed by atoms with Crippen molar-refractivity contribution in [3.05, 3.63) is 35.6 Å². The zero-order valence-corrected chi connectivity index (χ0v) is 14.2. The molecule has 0 saturated carbocycles. The average Bonchev–Trinajstić information content (AvgIpc) is 2.55. The molecule has 0 aromatic heterocycles. The van der Waals surface area contributed by atoms with Crippen LogP contribution in [0.4, 0.5) is 4.39 Å². The molecule has 23 heavy (non-hydrogen) atoms. The van der Waals surface area contributed by atoms with Gasteiger partial charge in [0.25, 0.3) is 10.2 Å². The summed E-state index contributed by atoms with van der Waals surface area (Å²) in [7, 11) is -3.52. The minimum Gasteiger partial charge on any atom is -0.313 e. The highest BCUT2D eigenvalue weighted by atomic mass is 32.2. The molecule has 128 valence electrons. The Labute approximate surface area is 137 Å². The monoisotopic (exact) mass is 341 g/mol.